The number of rotatable bonds is 2. The molecule has 0 aliphatic carbocycles. The number of alkyl carbamates (subject to hydrolysis) is 1. The van der Waals surface area contributed by atoms with E-state index in [1.165, 1.54) is 0 Å². The maximum absolute atomic E-state index is 12.1. The molecule has 1 N–H and O–H groups in total. The van der Waals surface area contributed by atoms with Crippen molar-refractivity contribution < 1.29 is 14.3 Å². The summed E-state index contributed by atoms with van der Waals surface area (Å²) in [6.45, 7) is 9.12. The second kappa shape index (κ2) is 6.78. The van der Waals surface area contributed by atoms with Gasteiger partial charge in [-0.25, -0.2) is 9.78 Å². The van der Waals surface area contributed by atoms with Gasteiger partial charge in [0.1, 0.15) is 11.4 Å². The van der Waals surface area contributed by atoms with Gasteiger partial charge in [0, 0.05) is 43.1 Å². The highest BCUT2D eigenvalue weighted by Gasteiger charge is 2.32. The van der Waals surface area contributed by atoms with Crippen LogP contribution in [-0.4, -0.2) is 48.8 Å². The van der Waals surface area contributed by atoms with Gasteiger partial charge in [-0.3, -0.25) is 9.69 Å². The summed E-state index contributed by atoms with van der Waals surface area (Å²) in [6.07, 6.45) is 1.89. The van der Waals surface area contributed by atoms with Crippen LogP contribution in [0.2, 0.25) is 0 Å². The summed E-state index contributed by atoms with van der Waals surface area (Å²) in [5.41, 5.74) is 2.43. The van der Waals surface area contributed by atoms with E-state index < -0.39 is 5.60 Å². The Bertz CT molecular complexity index is 726. The second-order valence-electron chi connectivity index (χ2n) is 8.15. The molecule has 0 saturated carbocycles. The lowest BCUT2D eigenvalue weighted by Gasteiger charge is -2.36. The molecule has 0 radical (unpaired) electrons. The summed E-state index contributed by atoms with van der Waals surface area (Å²) in [5, 5.41) is 2.98. The lowest BCUT2D eigenvalue weighted by molar-refractivity contribution is -0.117. The number of amides is 2. The second-order valence-corrected chi connectivity index (χ2v) is 8.15. The Kier molecular flexibility index (Phi) is 4.82. The van der Waals surface area contributed by atoms with E-state index in [4.69, 9.17) is 4.74 Å². The van der Waals surface area contributed by atoms with Crippen molar-refractivity contribution in [3.63, 3.8) is 0 Å². The minimum absolute atomic E-state index is 0.0255. The molecule has 1 aromatic heterocycles. The zero-order valence-corrected chi connectivity index (χ0v) is 16.3. The van der Waals surface area contributed by atoms with E-state index in [1.54, 1.807) is 11.9 Å². The Morgan fingerprint density at radius 1 is 1.38 bits per heavy atom. The van der Waals surface area contributed by atoms with Crippen molar-refractivity contribution in [2.75, 3.05) is 29.9 Å². The fraction of sp³-hybridized carbons (Fsp3) is 0.632. The van der Waals surface area contributed by atoms with Crippen LogP contribution in [0.1, 0.15) is 44.9 Å². The molecule has 0 unspecified atom stereocenters. The van der Waals surface area contributed by atoms with Gasteiger partial charge < -0.3 is 15.0 Å². The lowest BCUT2D eigenvalue weighted by Crippen LogP contribution is -2.49. The van der Waals surface area contributed by atoms with Crippen molar-refractivity contribution in [1.82, 2.24) is 10.3 Å². The van der Waals surface area contributed by atoms with E-state index in [1.807, 2.05) is 33.8 Å². The first kappa shape index (κ1) is 18.5. The molecule has 142 valence electrons. The largest absolute Gasteiger partial charge is 0.444 e. The van der Waals surface area contributed by atoms with Crippen LogP contribution in [0, 0.1) is 6.92 Å². The third-order valence-electron chi connectivity index (χ3n) is 4.71. The SMILES string of the molecule is Cc1cc(N2CCC[C@@H](NC(=O)OC(C)(C)C)C2)c2c(n1)N(C)C(=O)C2. The summed E-state index contributed by atoms with van der Waals surface area (Å²) < 4.78 is 5.37. The standard InChI is InChI=1S/C19H28N4O3/c1-12-9-15(14-10-16(24)22(5)17(14)20-12)23-8-6-7-13(11-23)21-18(25)26-19(2,3)4/h9,13H,6-8,10-11H2,1-5H3,(H,21,25)/t13-/m1/s1. The molecule has 7 heteroatoms. The number of nitrogens with one attached hydrogen (secondary N) is 1. The van der Waals surface area contributed by atoms with Crippen molar-refractivity contribution in [2.45, 2.75) is 58.6 Å². The topological polar surface area (TPSA) is 74.8 Å². The van der Waals surface area contributed by atoms with E-state index in [2.05, 4.69) is 15.2 Å². The highest BCUT2D eigenvalue weighted by Crippen LogP contribution is 2.35. The molecular weight excluding hydrogens is 332 g/mol. The highest BCUT2D eigenvalue weighted by atomic mass is 16.6. The number of carbonyl (C=O) groups is 2. The summed E-state index contributed by atoms with van der Waals surface area (Å²) >= 11 is 0. The maximum Gasteiger partial charge on any atom is 0.407 e. The Hall–Kier alpha value is -2.31. The van der Waals surface area contributed by atoms with Crippen LogP contribution in [-0.2, 0) is 16.0 Å². The third kappa shape index (κ3) is 3.92. The van der Waals surface area contributed by atoms with Crippen LogP contribution in [0.5, 0.6) is 0 Å². The number of hydrogen-bond acceptors (Lipinski definition) is 5. The molecule has 3 heterocycles. The van der Waals surface area contributed by atoms with Gasteiger partial charge in [-0.2, -0.15) is 0 Å². The molecule has 1 atom stereocenters. The maximum atomic E-state index is 12.1. The third-order valence-corrected chi connectivity index (χ3v) is 4.71. The van der Waals surface area contributed by atoms with Gasteiger partial charge >= 0.3 is 6.09 Å². The van der Waals surface area contributed by atoms with Crippen LogP contribution in [0.3, 0.4) is 0 Å². The number of piperidine rings is 1. The average Bonchev–Trinajstić information content (AvgIpc) is 2.80. The quantitative estimate of drug-likeness (QED) is 0.877. The number of nitrogens with zero attached hydrogens (tertiary/aromatic N) is 3. The van der Waals surface area contributed by atoms with Gasteiger partial charge in [-0.15, -0.1) is 0 Å². The number of likely N-dealkylation sites (N-methyl/N-ethyl adjacent to an activating group) is 1. The van der Waals surface area contributed by atoms with Crippen molar-refractivity contribution in [3.8, 4) is 0 Å². The molecule has 1 fully saturated rings. The Balaban J connectivity index is 1.76. The zero-order chi connectivity index (χ0) is 19.1. The molecule has 2 aliphatic rings. The summed E-state index contributed by atoms with van der Waals surface area (Å²) in [6, 6.07) is 2.07. The molecule has 0 bridgehead atoms. The fourth-order valence-corrected chi connectivity index (χ4v) is 3.57. The predicted molar refractivity (Wildman–Crippen MR) is 101 cm³/mol. The molecule has 1 aromatic rings. The number of carbonyl (C=O) groups excluding carboxylic acids is 2. The Morgan fingerprint density at radius 3 is 2.81 bits per heavy atom. The minimum atomic E-state index is -0.508. The van der Waals surface area contributed by atoms with Crippen LogP contribution >= 0.6 is 0 Å². The van der Waals surface area contributed by atoms with Gasteiger partial charge in [-0.1, -0.05) is 0 Å². The van der Waals surface area contributed by atoms with E-state index in [0.717, 1.165) is 42.1 Å². The first-order valence-corrected chi connectivity index (χ1v) is 9.15. The Morgan fingerprint density at radius 2 is 2.12 bits per heavy atom. The van der Waals surface area contributed by atoms with Gasteiger partial charge in [0.05, 0.1) is 6.42 Å². The number of fused-ring (bicyclic) bond motifs is 1. The summed E-state index contributed by atoms with van der Waals surface area (Å²) in [4.78, 5) is 32.6. The zero-order valence-electron chi connectivity index (χ0n) is 16.3. The molecule has 3 rings (SSSR count). The number of hydrogen-bond donors (Lipinski definition) is 1. The molecule has 2 aliphatic heterocycles. The van der Waals surface area contributed by atoms with Crippen molar-refractivity contribution in [3.05, 3.63) is 17.3 Å². The Labute approximate surface area is 154 Å². The van der Waals surface area contributed by atoms with E-state index in [0.29, 0.717) is 13.0 Å². The number of aromatic nitrogens is 1. The van der Waals surface area contributed by atoms with Crippen molar-refractivity contribution >= 4 is 23.5 Å². The normalized spacial score (nSPS) is 20.2. The number of pyridine rings is 1. The van der Waals surface area contributed by atoms with Gasteiger partial charge in [-0.05, 0) is 46.6 Å². The van der Waals surface area contributed by atoms with Crippen LogP contribution in [0.15, 0.2) is 6.07 Å². The van der Waals surface area contributed by atoms with Gasteiger partial charge in [0.15, 0.2) is 0 Å². The van der Waals surface area contributed by atoms with E-state index in [-0.39, 0.29) is 18.0 Å². The molecule has 1 saturated heterocycles. The van der Waals surface area contributed by atoms with Crippen molar-refractivity contribution in [2.24, 2.45) is 0 Å². The molecule has 7 nitrogen and oxygen atoms in total. The average molecular weight is 360 g/mol. The summed E-state index contributed by atoms with van der Waals surface area (Å²) in [5.74, 6) is 0.826. The number of anilines is 2. The summed E-state index contributed by atoms with van der Waals surface area (Å²) in [7, 11) is 1.77. The van der Waals surface area contributed by atoms with Crippen LogP contribution < -0.4 is 15.1 Å². The molecule has 0 spiro atoms. The first-order chi connectivity index (χ1) is 12.1. The van der Waals surface area contributed by atoms with E-state index in [9.17, 15) is 9.59 Å². The van der Waals surface area contributed by atoms with E-state index >= 15 is 0 Å². The predicted octanol–water partition coefficient (Wildman–Crippen LogP) is 2.40. The molecule has 2 amide bonds. The lowest BCUT2D eigenvalue weighted by atomic mass is 10.0. The molecule has 0 aromatic carbocycles. The smallest absolute Gasteiger partial charge is 0.407 e. The fourth-order valence-electron chi connectivity index (χ4n) is 3.57. The number of aryl methyl sites for hydroxylation is 1. The van der Waals surface area contributed by atoms with Crippen LogP contribution in [0.4, 0.5) is 16.3 Å². The molecular formula is C19H28N4O3. The first-order valence-electron chi connectivity index (χ1n) is 9.15. The minimum Gasteiger partial charge on any atom is -0.444 e. The van der Waals surface area contributed by atoms with Gasteiger partial charge in [0.2, 0.25) is 5.91 Å². The van der Waals surface area contributed by atoms with Crippen LogP contribution in [0.25, 0.3) is 0 Å². The molecule has 26 heavy (non-hydrogen) atoms. The highest BCUT2D eigenvalue weighted by molar-refractivity contribution is 6.01. The monoisotopic (exact) mass is 360 g/mol. The van der Waals surface area contributed by atoms with Gasteiger partial charge in [0.25, 0.3) is 0 Å². The number of ether oxygens (including phenoxy) is 1. The van der Waals surface area contributed by atoms with Crippen molar-refractivity contribution in [1.29, 1.82) is 0 Å².